The Balaban J connectivity index is 2.97. The summed E-state index contributed by atoms with van der Waals surface area (Å²) in [5, 5.41) is 0. The summed E-state index contributed by atoms with van der Waals surface area (Å²) < 4.78 is 0. The summed E-state index contributed by atoms with van der Waals surface area (Å²) in [5.74, 6) is 0. The van der Waals surface area contributed by atoms with E-state index >= 15 is 0 Å². The van der Waals surface area contributed by atoms with E-state index < -0.39 is 0 Å². The zero-order chi connectivity index (χ0) is 15.6. The summed E-state index contributed by atoms with van der Waals surface area (Å²) in [4.78, 5) is 5.55. The molecular weight excluding hydrogens is 242 g/mol. The second-order valence-electron chi connectivity index (χ2n) is 8.53. The molecule has 0 unspecified atom stereocenters. The van der Waals surface area contributed by atoms with E-state index in [0.29, 0.717) is 13.7 Å². The monoisotopic (exact) mass is 278 g/mol. The highest BCUT2D eigenvalue weighted by molar-refractivity contribution is 6.66. The van der Waals surface area contributed by atoms with Crippen LogP contribution in [0.5, 0.6) is 0 Å². The van der Waals surface area contributed by atoms with Crippen LogP contribution in [0, 0.1) is 0 Å². The Bertz CT molecular complexity index is 264. The number of hydrogen-bond acceptors (Lipinski definition) is 2. The molecule has 4 heteroatoms. The summed E-state index contributed by atoms with van der Waals surface area (Å²) in [6.45, 7) is 20.4. The summed E-state index contributed by atoms with van der Waals surface area (Å²) in [6.07, 6.45) is 7.69. The van der Waals surface area contributed by atoms with Gasteiger partial charge in [-0.05, 0) is 54.4 Å². The lowest BCUT2D eigenvalue weighted by Gasteiger charge is -2.53. The van der Waals surface area contributed by atoms with Gasteiger partial charge in [0.15, 0.2) is 0 Å². The zero-order valence-electron chi connectivity index (χ0n) is 15.3. The minimum Gasteiger partial charge on any atom is -0.341 e. The molecule has 0 amide bonds. The molecule has 2 nitrogen and oxygen atoms in total. The third kappa shape index (κ3) is 4.53. The second-order valence-corrected chi connectivity index (χ2v) is 8.53. The van der Waals surface area contributed by atoms with E-state index in [2.05, 4.69) is 65.0 Å². The Hall–Kier alpha value is 0.0499. The van der Waals surface area contributed by atoms with E-state index in [1.165, 1.54) is 38.4 Å². The Labute approximate surface area is 128 Å². The molecule has 1 aliphatic rings. The van der Waals surface area contributed by atoms with Crippen LogP contribution in [0.4, 0.5) is 0 Å². The third-order valence-electron chi connectivity index (χ3n) is 4.66. The van der Waals surface area contributed by atoms with Gasteiger partial charge in [0.25, 0.3) is 0 Å². The maximum Gasteiger partial charge on any atom is 0.236 e. The first kappa shape index (κ1) is 18.1. The zero-order valence-corrected chi connectivity index (χ0v) is 15.3. The van der Waals surface area contributed by atoms with Crippen molar-refractivity contribution in [3.05, 3.63) is 0 Å². The maximum atomic E-state index is 2.78. The van der Waals surface area contributed by atoms with Gasteiger partial charge in [0.05, 0.1) is 0 Å². The van der Waals surface area contributed by atoms with Crippen LogP contribution in [0.15, 0.2) is 0 Å². The van der Waals surface area contributed by atoms with E-state index in [4.69, 9.17) is 0 Å². The van der Waals surface area contributed by atoms with Crippen molar-refractivity contribution in [1.29, 1.82) is 0 Å². The molecule has 0 atom stereocenters. The van der Waals surface area contributed by atoms with Gasteiger partial charge in [-0.25, -0.2) is 0 Å². The van der Waals surface area contributed by atoms with E-state index in [0.717, 1.165) is 0 Å². The topological polar surface area (TPSA) is 6.48 Å². The highest BCUT2D eigenvalue weighted by Gasteiger charge is 2.44. The van der Waals surface area contributed by atoms with E-state index in [1.54, 1.807) is 0 Å². The highest BCUT2D eigenvalue weighted by Crippen LogP contribution is 2.29. The predicted octanol–water partition coefficient (Wildman–Crippen LogP) is 4.08. The minimum absolute atomic E-state index is 0.288. The van der Waals surface area contributed by atoms with Gasteiger partial charge in [-0.3, -0.25) is 0 Å². The molecule has 1 aliphatic heterocycles. The van der Waals surface area contributed by atoms with Crippen LogP contribution in [0.3, 0.4) is 0 Å². The van der Waals surface area contributed by atoms with Crippen LogP contribution < -0.4 is 0 Å². The van der Waals surface area contributed by atoms with Crippen LogP contribution in [-0.4, -0.2) is 47.3 Å². The molecular formula is C16H36B2N2. The average Bonchev–Trinajstić information content (AvgIpc) is 2.28. The minimum atomic E-state index is 0.288. The lowest BCUT2D eigenvalue weighted by Crippen LogP contribution is -2.70. The first-order valence-corrected chi connectivity index (χ1v) is 8.64. The normalized spacial score (nSPS) is 19.8. The van der Waals surface area contributed by atoms with Gasteiger partial charge < -0.3 is 9.62 Å². The molecule has 1 heterocycles. The summed E-state index contributed by atoms with van der Waals surface area (Å²) in [6, 6.07) is 0. The average molecular weight is 278 g/mol. The number of rotatable bonds is 4. The van der Waals surface area contributed by atoms with Crippen molar-refractivity contribution >= 4 is 13.7 Å². The van der Waals surface area contributed by atoms with Crippen molar-refractivity contribution in [3.8, 4) is 0 Å². The molecule has 1 saturated heterocycles. The first-order valence-electron chi connectivity index (χ1n) is 8.64. The molecule has 1 fully saturated rings. The Morgan fingerprint density at radius 1 is 0.700 bits per heavy atom. The highest BCUT2D eigenvalue weighted by atomic mass is 15.2. The van der Waals surface area contributed by atoms with Crippen LogP contribution >= 0.6 is 0 Å². The molecule has 0 saturated carbocycles. The first-order chi connectivity index (χ1) is 9.11. The molecule has 0 aromatic heterocycles. The Morgan fingerprint density at radius 2 is 1.00 bits per heavy atom. The van der Waals surface area contributed by atoms with Crippen molar-refractivity contribution < 1.29 is 0 Å². The van der Waals surface area contributed by atoms with E-state index in [9.17, 15) is 0 Å². The molecule has 0 bridgehead atoms. The van der Waals surface area contributed by atoms with Gasteiger partial charge in [-0.1, -0.05) is 39.3 Å². The Morgan fingerprint density at radius 3 is 1.20 bits per heavy atom. The molecule has 1 rings (SSSR count). The molecule has 20 heavy (non-hydrogen) atoms. The van der Waals surface area contributed by atoms with Crippen LogP contribution in [0.1, 0.15) is 68.2 Å². The number of nitrogens with zero attached hydrogens (tertiary/aromatic N) is 2. The predicted molar refractivity (Wildman–Crippen MR) is 94.6 cm³/mol. The van der Waals surface area contributed by atoms with Crippen LogP contribution in [-0.2, 0) is 0 Å². The summed E-state index contributed by atoms with van der Waals surface area (Å²) >= 11 is 0. The van der Waals surface area contributed by atoms with Gasteiger partial charge in [-0.2, -0.15) is 0 Å². The van der Waals surface area contributed by atoms with E-state index in [1.807, 2.05) is 0 Å². The van der Waals surface area contributed by atoms with Gasteiger partial charge in [0.2, 0.25) is 13.7 Å². The molecule has 116 valence electrons. The van der Waals surface area contributed by atoms with Crippen LogP contribution in [0.2, 0.25) is 12.6 Å². The SMILES string of the molecule is CCCB1CN(C(C)(C)C)B(CCC)CN1C(C)(C)C. The van der Waals surface area contributed by atoms with Crippen LogP contribution in [0.25, 0.3) is 0 Å². The third-order valence-corrected chi connectivity index (χ3v) is 4.66. The van der Waals surface area contributed by atoms with Crippen molar-refractivity contribution in [2.24, 2.45) is 0 Å². The standard InChI is InChI=1S/C16H36B2N2/c1-9-11-17-13-20(16(6,7)8)18(12-10-2)14-19(17)15(3,4)5/h9-14H2,1-8H3. The van der Waals surface area contributed by atoms with Crippen molar-refractivity contribution in [3.63, 3.8) is 0 Å². The smallest absolute Gasteiger partial charge is 0.236 e. The van der Waals surface area contributed by atoms with Gasteiger partial charge >= 0.3 is 0 Å². The fraction of sp³-hybridized carbons (Fsp3) is 1.00. The van der Waals surface area contributed by atoms with Gasteiger partial charge in [0.1, 0.15) is 0 Å². The molecule has 0 aliphatic carbocycles. The second kappa shape index (κ2) is 6.87. The van der Waals surface area contributed by atoms with Crippen molar-refractivity contribution in [2.45, 2.75) is 91.9 Å². The lowest BCUT2D eigenvalue weighted by molar-refractivity contribution is 0.208. The fourth-order valence-electron chi connectivity index (χ4n) is 3.75. The quantitative estimate of drug-likeness (QED) is 0.715. The van der Waals surface area contributed by atoms with Crippen molar-refractivity contribution in [1.82, 2.24) is 9.62 Å². The molecule has 0 spiro atoms. The van der Waals surface area contributed by atoms with E-state index in [-0.39, 0.29) is 11.1 Å². The van der Waals surface area contributed by atoms with Gasteiger partial charge in [0, 0.05) is 11.1 Å². The fourth-order valence-corrected chi connectivity index (χ4v) is 3.75. The Kier molecular flexibility index (Phi) is 6.22. The molecule has 0 aromatic rings. The lowest BCUT2D eigenvalue weighted by atomic mass is 9.42. The molecule has 0 radical (unpaired) electrons. The summed E-state index contributed by atoms with van der Waals surface area (Å²) in [7, 11) is 0. The summed E-state index contributed by atoms with van der Waals surface area (Å²) in [5.41, 5.74) is 0.575. The van der Waals surface area contributed by atoms with Gasteiger partial charge in [-0.15, -0.1) is 0 Å². The molecule has 0 aromatic carbocycles. The van der Waals surface area contributed by atoms with Crippen molar-refractivity contribution in [2.75, 3.05) is 12.9 Å². The number of hydrogen-bond donors (Lipinski definition) is 0. The molecule has 0 N–H and O–H groups in total. The largest absolute Gasteiger partial charge is 0.341 e. The maximum absolute atomic E-state index is 2.78.